The first-order valence-corrected chi connectivity index (χ1v) is 7.59. The van der Waals surface area contributed by atoms with Gasteiger partial charge in [0.1, 0.15) is 0 Å². The Bertz CT molecular complexity index is 900. The molecule has 0 bridgehead atoms. The number of fused-ring (bicyclic) bond motifs is 1. The van der Waals surface area contributed by atoms with Crippen molar-refractivity contribution < 1.29 is 14.3 Å². The number of hydrogen-bond acceptors (Lipinski definition) is 6. The molecule has 0 N–H and O–H groups in total. The van der Waals surface area contributed by atoms with Crippen LogP contribution in [-0.4, -0.2) is 39.4 Å². The molecule has 3 heterocycles. The van der Waals surface area contributed by atoms with Crippen LogP contribution in [0.15, 0.2) is 24.4 Å². The van der Waals surface area contributed by atoms with Gasteiger partial charge in [0, 0.05) is 11.8 Å². The molecule has 124 valence electrons. The number of aryl methyl sites for hydroxylation is 2. The number of carbonyl (C=O) groups is 1. The lowest BCUT2D eigenvalue weighted by atomic mass is 10.1. The van der Waals surface area contributed by atoms with Crippen molar-refractivity contribution in [2.24, 2.45) is 0 Å². The summed E-state index contributed by atoms with van der Waals surface area (Å²) in [6.45, 7) is 5.77. The van der Waals surface area contributed by atoms with E-state index in [0.29, 0.717) is 40.5 Å². The number of methoxy groups -OCH3 is 1. The van der Waals surface area contributed by atoms with E-state index in [2.05, 4.69) is 15.1 Å². The van der Waals surface area contributed by atoms with Crippen LogP contribution in [0.4, 0.5) is 0 Å². The zero-order chi connectivity index (χ0) is 17.3. The van der Waals surface area contributed by atoms with Crippen LogP contribution in [0.5, 0.6) is 5.88 Å². The van der Waals surface area contributed by atoms with E-state index in [4.69, 9.17) is 9.47 Å². The van der Waals surface area contributed by atoms with Crippen LogP contribution in [0.25, 0.3) is 16.7 Å². The molecule has 24 heavy (non-hydrogen) atoms. The molecular formula is C17H18N4O3. The molecule has 0 unspecified atom stereocenters. The van der Waals surface area contributed by atoms with E-state index in [1.165, 1.54) is 0 Å². The first-order chi connectivity index (χ1) is 11.5. The highest BCUT2D eigenvalue weighted by Gasteiger charge is 2.20. The number of esters is 1. The average Bonchev–Trinajstić information content (AvgIpc) is 2.91. The van der Waals surface area contributed by atoms with Gasteiger partial charge < -0.3 is 9.47 Å². The predicted molar refractivity (Wildman–Crippen MR) is 88.6 cm³/mol. The van der Waals surface area contributed by atoms with Crippen molar-refractivity contribution in [1.29, 1.82) is 0 Å². The van der Waals surface area contributed by atoms with Crippen LogP contribution in [0.1, 0.15) is 28.7 Å². The van der Waals surface area contributed by atoms with Gasteiger partial charge in [-0.3, -0.25) is 0 Å². The molecule has 3 aromatic heterocycles. The van der Waals surface area contributed by atoms with Crippen LogP contribution in [0.3, 0.4) is 0 Å². The zero-order valence-electron chi connectivity index (χ0n) is 14.0. The Balaban J connectivity index is 2.22. The van der Waals surface area contributed by atoms with E-state index in [-0.39, 0.29) is 5.97 Å². The number of aromatic nitrogens is 4. The minimum atomic E-state index is -0.372. The van der Waals surface area contributed by atoms with E-state index in [1.807, 2.05) is 19.9 Å². The zero-order valence-corrected chi connectivity index (χ0v) is 14.0. The largest absolute Gasteiger partial charge is 0.481 e. The number of nitrogens with zero attached hydrogens (tertiary/aromatic N) is 4. The van der Waals surface area contributed by atoms with Crippen LogP contribution < -0.4 is 4.74 Å². The molecular weight excluding hydrogens is 308 g/mol. The molecule has 0 saturated heterocycles. The molecule has 7 heteroatoms. The molecule has 0 amide bonds. The summed E-state index contributed by atoms with van der Waals surface area (Å²) >= 11 is 0. The summed E-state index contributed by atoms with van der Waals surface area (Å²) in [5.41, 5.74) is 3.23. The third-order valence-corrected chi connectivity index (χ3v) is 3.61. The van der Waals surface area contributed by atoms with Gasteiger partial charge in [-0.2, -0.15) is 5.10 Å². The molecule has 7 nitrogen and oxygen atoms in total. The van der Waals surface area contributed by atoms with Gasteiger partial charge in [-0.15, -0.1) is 0 Å². The highest BCUT2D eigenvalue weighted by atomic mass is 16.5. The van der Waals surface area contributed by atoms with Gasteiger partial charge in [0.2, 0.25) is 5.88 Å². The third kappa shape index (κ3) is 2.68. The molecule has 3 aromatic rings. The fourth-order valence-corrected chi connectivity index (χ4v) is 2.58. The molecule has 0 atom stereocenters. The minimum absolute atomic E-state index is 0.317. The summed E-state index contributed by atoms with van der Waals surface area (Å²) in [7, 11) is 1.56. The Morgan fingerprint density at radius 3 is 2.71 bits per heavy atom. The van der Waals surface area contributed by atoms with Gasteiger partial charge >= 0.3 is 5.97 Å². The maximum Gasteiger partial charge on any atom is 0.339 e. The normalized spacial score (nSPS) is 10.8. The summed E-state index contributed by atoms with van der Waals surface area (Å²) in [4.78, 5) is 21.0. The summed E-state index contributed by atoms with van der Waals surface area (Å²) in [6, 6.07) is 5.32. The quantitative estimate of drug-likeness (QED) is 0.686. The molecule has 0 radical (unpaired) electrons. The average molecular weight is 326 g/mol. The molecule has 0 aliphatic rings. The van der Waals surface area contributed by atoms with Crippen molar-refractivity contribution in [3.8, 4) is 11.6 Å². The van der Waals surface area contributed by atoms with Gasteiger partial charge in [0.25, 0.3) is 0 Å². The van der Waals surface area contributed by atoms with E-state index < -0.39 is 0 Å². The first kappa shape index (κ1) is 15.9. The van der Waals surface area contributed by atoms with E-state index >= 15 is 0 Å². The third-order valence-electron chi connectivity index (χ3n) is 3.61. The first-order valence-electron chi connectivity index (χ1n) is 7.59. The Morgan fingerprint density at radius 2 is 2.08 bits per heavy atom. The van der Waals surface area contributed by atoms with Crippen molar-refractivity contribution in [2.45, 2.75) is 20.8 Å². The van der Waals surface area contributed by atoms with Gasteiger partial charge in [-0.05, 0) is 32.9 Å². The van der Waals surface area contributed by atoms with E-state index in [0.717, 1.165) is 5.69 Å². The second-order valence-electron chi connectivity index (χ2n) is 5.29. The fourth-order valence-electron chi connectivity index (χ4n) is 2.58. The summed E-state index contributed by atoms with van der Waals surface area (Å²) < 4.78 is 11.9. The maximum atomic E-state index is 12.3. The highest BCUT2D eigenvalue weighted by Crippen LogP contribution is 2.25. The van der Waals surface area contributed by atoms with Crippen molar-refractivity contribution in [1.82, 2.24) is 19.7 Å². The van der Waals surface area contributed by atoms with Crippen LogP contribution in [0.2, 0.25) is 0 Å². The Morgan fingerprint density at radius 1 is 1.29 bits per heavy atom. The highest BCUT2D eigenvalue weighted by molar-refractivity contribution is 6.04. The molecule has 0 fully saturated rings. The molecule has 0 saturated carbocycles. The van der Waals surface area contributed by atoms with Crippen molar-refractivity contribution in [3.05, 3.63) is 41.3 Å². The van der Waals surface area contributed by atoms with Crippen LogP contribution in [-0.2, 0) is 4.74 Å². The Labute approximate surface area is 139 Å². The van der Waals surface area contributed by atoms with E-state index in [9.17, 15) is 4.79 Å². The molecule has 0 spiro atoms. The monoisotopic (exact) mass is 326 g/mol. The minimum Gasteiger partial charge on any atom is -0.481 e. The molecule has 0 aliphatic carbocycles. The van der Waals surface area contributed by atoms with Gasteiger partial charge in [0.05, 0.1) is 42.2 Å². The predicted octanol–water partition coefficient (Wildman–Crippen LogP) is 2.62. The number of ether oxygens (including phenoxy) is 2. The van der Waals surface area contributed by atoms with Crippen molar-refractivity contribution in [3.63, 3.8) is 0 Å². The second-order valence-corrected chi connectivity index (χ2v) is 5.29. The summed E-state index contributed by atoms with van der Waals surface area (Å²) in [6.07, 6.45) is 1.65. The molecule has 0 aromatic carbocycles. The Kier molecular flexibility index (Phi) is 4.16. The lowest BCUT2D eigenvalue weighted by Crippen LogP contribution is -2.07. The number of rotatable bonds is 4. The van der Waals surface area contributed by atoms with Gasteiger partial charge in [0.15, 0.2) is 5.65 Å². The number of carbonyl (C=O) groups excluding carboxylic acids is 1. The Hall–Kier alpha value is -2.96. The lowest BCUT2D eigenvalue weighted by Gasteiger charge is -2.07. The lowest BCUT2D eigenvalue weighted by molar-refractivity contribution is 0.0528. The van der Waals surface area contributed by atoms with Gasteiger partial charge in [-0.1, -0.05) is 0 Å². The number of hydrogen-bond donors (Lipinski definition) is 0. The van der Waals surface area contributed by atoms with Crippen molar-refractivity contribution in [2.75, 3.05) is 13.7 Å². The van der Waals surface area contributed by atoms with E-state index in [1.54, 1.807) is 37.0 Å². The van der Waals surface area contributed by atoms with Gasteiger partial charge in [-0.25, -0.2) is 19.4 Å². The maximum absolute atomic E-state index is 12.3. The van der Waals surface area contributed by atoms with Crippen molar-refractivity contribution >= 4 is 17.0 Å². The van der Waals surface area contributed by atoms with Crippen LogP contribution in [0, 0.1) is 13.8 Å². The smallest absolute Gasteiger partial charge is 0.339 e. The second kappa shape index (κ2) is 6.27. The summed E-state index contributed by atoms with van der Waals surface area (Å²) in [5, 5.41) is 5.22. The number of pyridine rings is 2. The van der Waals surface area contributed by atoms with Crippen LogP contribution >= 0.6 is 0 Å². The molecule has 0 aliphatic heterocycles. The fraction of sp³-hybridized carbons (Fsp3) is 0.294. The molecule has 3 rings (SSSR count). The topological polar surface area (TPSA) is 79.1 Å². The SMILES string of the molecule is CCOC(=O)c1cc(C)nc2c1c(C)nn2-c1ccc(OC)nc1. The standard InChI is InChI=1S/C17H18N4O3/c1-5-24-17(22)13-8-10(2)19-16-15(13)11(3)20-21(16)12-6-7-14(23-4)18-9-12/h6-9H,5H2,1-4H3. The summed E-state index contributed by atoms with van der Waals surface area (Å²) in [5.74, 6) is 0.145.